The van der Waals surface area contributed by atoms with Crippen LogP contribution in [0.5, 0.6) is 0 Å². The summed E-state index contributed by atoms with van der Waals surface area (Å²) in [6, 6.07) is 0. The molecular weight excluding hydrogens is 226 g/mol. The van der Waals surface area contributed by atoms with Crippen molar-refractivity contribution in [3.63, 3.8) is 0 Å². The van der Waals surface area contributed by atoms with E-state index in [9.17, 15) is 31.4 Å². The maximum Gasteiger partial charge on any atom is 0.431 e. The molecule has 1 fully saturated rings. The maximum atomic E-state index is 13.4. The van der Waals surface area contributed by atoms with Crippen LogP contribution in [0, 0.1) is 0 Å². The number of halogens is 6. The van der Waals surface area contributed by atoms with E-state index in [1.165, 1.54) is 0 Å². The molecule has 0 saturated heterocycles. The predicted octanol–water partition coefficient (Wildman–Crippen LogP) is 2.83. The van der Waals surface area contributed by atoms with Gasteiger partial charge in [0.15, 0.2) is 0 Å². The lowest BCUT2D eigenvalue weighted by molar-refractivity contribution is -0.322. The molecule has 1 unspecified atom stereocenters. The zero-order valence-electron chi connectivity index (χ0n) is 7.62. The second kappa shape index (κ2) is 3.54. The highest BCUT2D eigenvalue weighted by atomic mass is 19.4. The summed E-state index contributed by atoms with van der Waals surface area (Å²) in [7, 11) is 0. The van der Waals surface area contributed by atoms with E-state index in [1.54, 1.807) is 0 Å². The van der Waals surface area contributed by atoms with Crippen LogP contribution in [0.3, 0.4) is 0 Å². The van der Waals surface area contributed by atoms with Crippen LogP contribution in [0.15, 0.2) is 0 Å². The molecule has 1 N–H and O–H groups in total. The lowest BCUT2D eigenvalue weighted by Gasteiger charge is -2.39. The second-order valence-electron chi connectivity index (χ2n) is 3.75. The van der Waals surface area contributed by atoms with Gasteiger partial charge >= 0.3 is 6.18 Å². The Kier molecular flexibility index (Phi) is 2.97. The molecule has 0 aromatic carbocycles. The van der Waals surface area contributed by atoms with Crippen molar-refractivity contribution in [3.8, 4) is 0 Å². The molecule has 0 aliphatic heterocycles. The molecule has 1 nitrogen and oxygen atoms in total. The van der Waals surface area contributed by atoms with Gasteiger partial charge in [0.05, 0.1) is 0 Å². The summed E-state index contributed by atoms with van der Waals surface area (Å²) in [5, 5.41) is 9.34. The van der Waals surface area contributed by atoms with Crippen LogP contribution in [-0.2, 0) is 0 Å². The van der Waals surface area contributed by atoms with E-state index < -0.39 is 36.7 Å². The highest BCUT2D eigenvalue weighted by molar-refractivity contribution is 5.08. The fourth-order valence-corrected chi connectivity index (χ4v) is 1.91. The minimum Gasteiger partial charge on any atom is -0.386 e. The normalized spacial score (nSPS) is 25.6. The lowest BCUT2D eigenvalue weighted by Crippen LogP contribution is -2.63. The largest absolute Gasteiger partial charge is 0.431 e. The highest BCUT2D eigenvalue weighted by Crippen LogP contribution is 2.52. The number of rotatable bonds is 2. The van der Waals surface area contributed by atoms with Crippen LogP contribution in [0.25, 0.3) is 0 Å². The van der Waals surface area contributed by atoms with Crippen LogP contribution in [-0.4, -0.2) is 29.0 Å². The molecule has 0 aromatic rings. The topological polar surface area (TPSA) is 20.2 Å². The summed E-state index contributed by atoms with van der Waals surface area (Å²) >= 11 is 0. The summed E-state index contributed by atoms with van der Waals surface area (Å²) in [5.74, 6) is 0. The molecule has 1 aliphatic rings. The van der Waals surface area contributed by atoms with Crippen molar-refractivity contribution in [3.05, 3.63) is 0 Å². The van der Waals surface area contributed by atoms with E-state index in [-0.39, 0.29) is 12.8 Å². The minimum atomic E-state index is -5.76. The zero-order chi connectivity index (χ0) is 11.9. The van der Waals surface area contributed by atoms with Gasteiger partial charge in [0.2, 0.25) is 0 Å². The fraction of sp³-hybridized carbons (Fsp3) is 1.00. The number of hydrogen-bond donors (Lipinski definition) is 1. The third-order valence-corrected chi connectivity index (χ3v) is 2.82. The van der Waals surface area contributed by atoms with E-state index in [1.807, 2.05) is 0 Å². The molecule has 1 atom stereocenters. The molecule has 0 heterocycles. The average Bonchev–Trinajstić information content (AvgIpc) is 2.49. The standard InChI is InChI=1S/C8H10F6O/c9-5(10)7(11,8(12,13)14)6(15)3-1-2-4-6/h5,15H,1-4H2. The van der Waals surface area contributed by atoms with E-state index in [4.69, 9.17) is 0 Å². The van der Waals surface area contributed by atoms with Crippen molar-refractivity contribution in [2.45, 2.75) is 49.6 Å². The Bertz CT molecular complexity index is 232. The monoisotopic (exact) mass is 236 g/mol. The van der Waals surface area contributed by atoms with Gasteiger partial charge in [-0.3, -0.25) is 0 Å². The number of aliphatic hydroxyl groups is 1. The van der Waals surface area contributed by atoms with Crippen molar-refractivity contribution < 1.29 is 31.4 Å². The fourth-order valence-electron chi connectivity index (χ4n) is 1.91. The van der Waals surface area contributed by atoms with Crippen molar-refractivity contribution in [1.82, 2.24) is 0 Å². The molecule has 1 aliphatic carbocycles. The van der Waals surface area contributed by atoms with Gasteiger partial charge in [0.25, 0.3) is 12.1 Å². The first kappa shape index (κ1) is 12.6. The molecule has 0 amide bonds. The van der Waals surface area contributed by atoms with Crippen LogP contribution in [0.4, 0.5) is 26.3 Å². The van der Waals surface area contributed by atoms with Crippen LogP contribution >= 0.6 is 0 Å². The molecule has 0 spiro atoms. The van der Waals surface area contributed by atoms with Gasteiger partial charge in [0, 0.05) is 0 Å². The highest BCUT2D eigenvalue weighted by Gasteiger charge is 2.73. The summed E-state index contributed by atoms with van der Waals surface area (Å²) in [4.78, 5) is 0. The summed E-state index contributed by atoms with van der Waals surface area (Å²) in [6.07, 6.45) is -11.0. The van der Waals surface area contributed by atoms with Gasteiger partial charge in [-0.2, -0.15) is 13.2 Å². The van der Waals surface area contributed by atoms with Crippen molar-refractivity contribution in [1.29, 1.82) is 0 Å². The van der Waals surface area contributed by atoms with Gasteiger partial charge in [-0.1, -0.05) is 12.8 Å². The van der Waals surface area contributed by atoms with Gasteiger partial charge in [-0.05, 0) is 12.8 Å². The Hall–Kier alpha value is -0.460. The first-order valence-electron chi connectivity index (χ1n) is 4.41. The Morgan fingerprint density at radius 3 is 1.67 bits per heavy atom. The molecule has 0 bridgehead atoms. The van der Waals surface area contributed by atoms with E-state index in [0.717, 1.165) is 0 Å². The quantitative estimate of drug-likeness (QED) is 0.731. The maximum absolute atomic E-state index is 13.4. The number of alkyl halides is 6. The van der Waals surface area contributed by atoms with Crippen molar-refractivity contribution >= 4 is 0 Å². The molecular formula is C8H10F6O. The van der Waals surface area contributed by atoms with Crippen LogP contribution in [0.1, 0.15) is 25.7 Å². The molecule has 0 aromatic heterocycles. The Morgan fingerprint density at radius 1 is 1.00 bits per heavy atom. The molecule has 15 heavy (non-hydrogen) atoms. The third kappa shape index (κ3) is 1.70. The minimum absolute atomic E-state index is 0.116. The molecule has 90 valence electrons. The Labute approximate surface area is 82.1 Å². The average molecular weight is 236 g/mol. The van der Waals surface area contributed by atoms with Gasteiger partial charge in [-0.15, -0.1) is 0 Å². The van der Waals surface area contributed by atoms with Gasteiger partial charge in [-0.25, -0.2) is 13.2 Å². The predicted molar refractivity (Wildman–Crippen MR) is 39.3 cm³/mol. The summed E-state index contributed by atoms with van der Waals surface area (Å²) in [6.45, 7) is 0. The molecule has 0 radical (unpaired) electrons. The van der Waals surface area contributed by atoms with E-state index in [2.05, 4.69) is 0 Å². The Balaban J connectivity index is 3.11. The summed E-state index contributed by atoms with van der Waals surface area (Å²) in [5.41, 5.74) is -7.81. The lowest BCUT2D eigenvalue weighted by atomic mass is 9.82. The van der Waals surface area contributed by atoms with Gasteiger partial charge < -0.3 is 5.11 Å². The molecule has 1 saturated carbocycles. The van der Waals surface area contributed by atoms with Crippen LogP contribution < -0.4 is 0 Å². The first-order valence-corrected chi connectivity index (χ1v) is 4.41. The SMILES string of the molecule is OC1(C(F)(C(F)F)C(F)(F)F)CCCC1. The molecule has 1 rings (SSSR count). The van der Waals surface area contributed by atoms with Crippen LogP contribution in [0.2, 0.25) is 0 Å². The van der Waals surface area contributed by atoms with Crippen molar-refractivity contribution in [2.24, 2.45) is 0 Å². The zero-order valence-corrected chi connectivity index (χ0v) is 7.62. The van der Waals surface area contributed by atoms with E-state index >= 15 is 0 Å². The third-order valence-electron chi connectivity index (χ3n) is 2.82. The second-order valence-corrected chi connectivity index (χ2v) is 3.75. The first-order chi connectivity index (χ1) is 6.65. The van der Waals surface area contributed by atoms with Crippen molar-refractivity contribution in [2.75, 3.05) is 0 Å². The Morgan fingerprint density at radius 2 is 1.40 bits per heavy atom. The van der Waals surface area contributed by atoms with Gasteiger partial charge in [0.1, 0.15) is 5.60 Å². The molecule has 7 heteroatoms. The number of hydrogen-bond acceptors (Lipinski definition) is 1. The van der Waals surface area contributed by atoms with E-state index in [0.29, 0.717) is 0 Å². The summed E-state index contributed by atoms with van der Waals surface area (Å²) < 4.78 is 74.5. The smallest absolute Gasteiger partial charge is 0.386 e.